The summed E-state index contributed by atoms with van der Waals surface area (Å²) in [6.07, 6.45) is -0.00255. The molecule has 7 heteroatoms. The van der Waals surface area contributed by atoms with E-state index in [0.717, 1.165) is 10.5 Å². The Morgan fingerprint density at radius 2 is 1.95 bits per heavy atom. The van der Waals surface area contributed by atoms with Crippen LogP contribution in [0.15, 0.2) is 30.3 Å². The van der Waals surface area contributed by atoms with Crippen molar-refractivity contribution >= 4 is 23.6 Å². The molecule has 0 aliphatic carbocycles. The molecule has 7 nitrogen and oxygen atoms in total. The lowest BCUT2D eigenvalue weighted by atomic mass is 10.0. The standard InChI is InChI=1S/C15H17N3O4/c1-9(19)17-11-8-13(20)18(15(11)22)12(14(16)21)7-10-5-3-2-4-6-10/h2-6,11-12H,7-8H2,1H3,(H2,16,21)(H,17,19). The third kappa shape index (κ3) is 3.30. The summed E-state index contributed by atoms with van der Waals surface area (Å²) in [6, 6.07) is 6.99. The summed E-state index contributed by atoms with van der Waals surface area (Å²) in [4.78, 5) is 48.0. The Hall–Kier alpha value is -2.70. The topological polar surface area (TPSA) is 110 Å². The molecule has 2 atom stereocenters. The van der Waals surface area contributed by atoms with Gasteiger partial charge in [-0.15, -0.1) is 0 Å². The number of nitrogens with zero attached hydrogens (tertiary/aromatic N) is 1. The lowest BCUT2D eigenvalue weighted by Gasteiger charge is -2.24. The molecule has 1 heterocycles. The Kier molecular flexibility index (Phi) is 4.55. The van der Waals surface area contributed by atoms with Crippen molar-refractivity contribution in [2.45, 2.75) is 31.8 Å². The van der Waals surface area contributed by atoms with E-state index in [0.29, 0.717) is 0 Å². The Morgan fingerprint density at radius 1 is 1.32 bits per heavy atom. The molecule has 1 saturated heterocycles. The van der Waals surface area contributed by atoms with Gasteiger partial charge in [0.2, 0.25) is 17.7 Å². The predicted octanol–water partition coefficient (Wildman–Crippen LogP) is -0.653. The Balaban J connectivity index is 2.21. The summed E-state index contributed by atoms with van der Waals surface area (Å²) in [5.74, 6) is -2.27. The highest BCUT2D eigenvalue weighted by molar-refractivity contribution is 6.09. The van der Waals surface area contributed by atoms with Gasteiger partial charge in [0.15, 0.2) is 0 Å². The highest BCUT2D eigenvalue weighted by Gasteiger charge is 2.44. The molecule has 1 aliphatic rings. The van der Waals surface area contributed by atoms with Crippen LogP contribution >= 0.6 is 0 Å². The van der Waals surface area contributed by atoms with E-state index in [-0.39, 0.29) is 12.8 Å². The van der Waals surface area contributed by atoms with E-state index in [9.17, 15) is 19.2 Å². The molecule has 1 aromatic carbocycles. The van der Waals surface area contributed by atoms with Gasteiger partial charge in [0, 0.05) is 13.3 Å². The number of likely N-dealkylation sites (tertiary alicyclic amines) is 1. The second kappa shape index (κ2) is 6.38. The van der Waals surface area contributed by atoms with Crippen molar-refractivity contribution in [1.29, 1.82) is 0 Å². The first kappa shape index (κ1) is 15.7. The molecular weight excluding hydrogens is 286 g/mol. The van der Waals surface area contributed by atoms with Crippen LogP contribution in [0.5, 0.6) is 0 Å². The van der Waals surface area contributed by atoms with Gasteiger partial charge in [0.25, 0.3) is 5.91 Å². The van der Waals surface area contributed by atoms with Gasteiger partial charge in [-0.25, -0.2) is 0 Å². The van der Waals surface area contributed by atoms with Crippen LogP contribution in [0.4, 0.5) is 0 Å². The van der Waals surface area contributed by atoms with Gasteiger partial charge in [0.1, 0.15) is 12.1 Å². The highest BCUT2D eigenvalue weighted by atomic mass is 16.2. The number of carbonyl (C=O) groups excluding carboxylic acids is 4. The third-order valence-corrected chi connectivity index (χ3v) is 3.47. The number of rotatable bonds is 5. The van der Waals surface area contributed by atoms with Crippen molar-refractivity contribution in [3.05, 3.63) is 35.9 Å². The van der Waals surface area contributed by atoms with Crippen molar-refractivity contribution in [1.82, 2.24) is 10.2 Å². The molecule has 0 saturated carbocycles. The molecule has 0 spiro atoms. The van der Waals surface area contributed by atoms with E-state index in [2.05, 4.69) is 5.32 Å². The predicted molar refractivity (Wildman–Crippen MR) is 77.2 cm³/mol. The molecule has 1 aromatic rings. The van der Waals surface area contributed by atoms with Crippen LogP contribution < -0.4 is 11.1 Å². The number of primary amides is 1. The largest absolute Gasteiger partial charge is 0.368 e. The van der Waals surface area contributed by atoms with Gasteiger partial charge in [-0.2, -0.15) is 0 Å². The van der Waals surface area contributed by atoms with E-state index < -0.39 is 35.7 Å². The molecule has 116 valence electrons. The number of amides is 4. The fraction of sp³-hybridized carbons (Fsp3) is 0.333. The first-order valence-corrected chi connectivity index (χ1v) is 6.86. The molecule has 2 unspecified atom stereocenters. The summed E-state index contributed by atoms with van der Waals surface area (Å²) in [5, 5.41) is 2.41. The maximum atomic E-state index is 12.3. The van der Waals surface area contributed by atoms with Gasteiger partial charge < -0.3 is 11.1 Å². The van der Waals surface area contributed by atoms with Gasteiger partial charge in [-0.3, -0.25) is 24.1 Å². The molecule has 22 heavy (non-hydrogen) atoms. The second-order valence-corrected chi connectivity index (χ2v) is 5.17. The van der Waals surface area contributed by atoms with Gasteiger partial charge in [-0.05, 0) is 5.56 Å². The summed E-state index contributed by atoms with van der Waals surface area (Å²) in [6.45, 7) is 1.26. The Labute approximate surface area is 127 Å². The van der Waals surface area contributed by atoms with Gasteiger partial charge in [-0.1, -0.05) is 30.3 Å². The van der Waals surface area contributed by atoms with Crippen molar-refractivity contribution in [2.75, 3.05) is 0 Å². The minimum absolute atomic E-state index is 0.153. The zero-order valence-electron chi connectivity index (χ0n) is 12.1. The third-order valence-electron chi connectivity index (χ3n) is 3.47. The van der Waals surface area contributed by atoms with E-state index in [1.54, 1.807) is 24.3 Å². The Bertz CT molecular complexity index is 614. The molecule has 1 aliphatic heterocycles. The summed E-state index contributed by atoms with van der Waals surface area (Å²) in [5.41, 5.74) is 6.15. The number of hydrogen-bond donors (Lipinski definition) is 2. The number of imide groups is 1. The Morgan fingerprint density at radius 3 is 2.50 bits per heavy atom. The monoisotopic (exact) mass is 303 g/mol. The molecular formula is C15H17N3O4. The van der Waals surface area contributed by atoms with Crippen LogP contribution in [0, 0.1) is 0 Å². The summed E-state index contributed by atoms with van der Waals surface area (Å²) < 4.78 is 0. The van der Waals surface area contributed by atoms with Gasteiger partial charge >= 0.3 is 0 Å². The van der Waals surface area contributed by atoms with Crippen molar-refractivity contribution in [2.24, 2.45) is 5.73 Å². The number of benzene rings is 1. The van der Waals surface area contributed by atoms with Crippen LogP contribution in [0.25, 0.3) is 0 Å². The summed E-state index contributed by atoms with van der Waals surface area (Å²) >= 11 is 0. The zero-order chi connectivity index (χ0) is 16.3. The minimum Gasteiger partial charge on any atom is -0.368 e. The maximum absolute atomic E-state index is 12.3. The lowest BCUT2D eigenvalue weighted by Crippen LogP contribution is -2.51. The van der Waals surface area contributed by atoms with Crippen LogP contribution in [0.3, 0.4) is 0 Å². The van der Waals surface area contributed by atoms with E-state index >= 15 is 0 Å². The smallest absolute Gasteiger partial charge is 0.253 e. The fourth-order valence-electron chi connectivity index (χ4n) is 2.49. The van der Waals surface area contributed by atoms with E-state index in [1.165, 1.54) is 6.92 Å². The number of nitrogens with one attached hydrogen (secondary N) is 1. The van der Waals surface area contributed by atoms with Crippen molar-refractivity contribution < 1.29 is 19.2 Å². The minimum atomic E-state index is -1.05. The SMILES string of the molecule is CC(=O)NC1CC(=O)N(C(Cc2ccccc2)C(N)=O)C1=O. The van der Waals surface area contributed by atoms with E-state index in [1.807, 2.05) is 6.07 Å². The maximum Gasteiger partial charge on any atom is 0.253 e. The number of carbonyl (C=O) groups is 4. The molecule has 1 fully saturated rings. The van der Waals surface area contributed by atoms with Crippen LogP contribution in [-0.4, -0.2) is 40.6 Å². The van der Waals surface area contributed by atoms with Crippen LogP contribution in [0.2, 0.25) is 0 Å². The molecule has 2 rings (SSSR count). The number of nitrogens with two attached hydrogens (primary N) is 1. The van der Waals surface area contributed by atoms with Crippen molar-refractivity contribution in [3.8, 4) is 0 Å². The molecule has 3 N–H and O–H groups in total. The molecule has 0 aromatic heterocycles. The molecule has 0 radical (unpaired) electrons. The van der Waals surface area contributed by atoms with Gasteiger partial charge in [0.05, 0.1) is 6.42 Å². The average Bonchev–Trinajstić information content (AvgIpc) is 2.71. The average molecular weight is 303 g/mol. The quantitative estimate of drug-likeness (QED) is 0.704. The zero-order valence-corrected chi connectivity index (χ0v) is 12.1. The van der Waals surface area contributed by atoms with Crippen LogP contribution in [0.1, 0.15) is 18.9 Å². The molecule has 4 amide bonds. The van der Waals surface area contributed by atoms with E-state index in [4.69, 9.17) is 5.73 Å². The highest BCUT2D eigenvalue weighted by Crippen LogP contribution is 2.19. The van der Waals surface area contributed by atoms with Crippen LogP contribution in [-0.2, 0) is 25.6 Å². The molecule has 0 bridgehead atoms. The fourth-order valence-corrected chi connectivity index (χ4v) is 2.49. The second-order valence-electron chi connectivity index (χ2n) is 5.17. The normalized spacial score (nSPS) is 19.1. The first-order valence-electron chi connectivity index (χ1n) is 6.86. The number of hydrogen-bond acceptors (Lipinski definition) is 4. The lowest BCUT2D eigenvalue weighted by molar-refractivity contribution is -0.146. The van der Waals surface area contributed by atoms with Crippen molar-refractivity contribution in [3.63, 3.8) is 0 Å². The first-order chi connectivity index (χ1) is 10.4. The summed E-state index contributed by atoms with van der Waals surface area (Å²) in [7, 11) is 0.